The van der Waals surface area contributed by atoms with Crippen molar-refractivity contribution >= 4 is 22.4 Å². The van der Waals surface area contributed by atoms with Gasteiger partial charge in [-0.05, 0) is 25.1 Å². The van der Waals surface area contributed by atoms with Crippen molar-refractivity contribution < 1.29 is 18.5 Å². The van der Waals surface area contributed by atoms with Gasteiger partial charge in [-0.3, -0.25) is 9.00 Å². The molecule has 3 N–H and O–H groups in total. The van der Waals surface area contributed by atoms with E-state index in [0.717, 1.165) is 0 Å². The highest BCUT2D eigenvalue weighted by molar-refractivity contribution is 7.86. The number of nitrogen functional groups attached to an aromatic ring is 1. The van der Waals surface area contributed by atoms with Gasteiger partial charge in [0.25, 0.3) is 0 Å². The summed E-state index contributed by atoms with van der Waals surface area (Å²) in [6.07, 6.45) is 0. The van der Waals surface area contributed by atoms with E-state index in [4.69, 9.17) is 15.2 Å². The van der Waals surface area contributed by atoms with E-state index in [1.54, 1.807) is 32.2 Å². The second-order valence-electron chi connectivity index (χ2n) is 4.13. The molecule has 20 heavy (non-hydrogen) atoms. The number of nitrogens with two attached hydrogens (primary N) is 1. The van der Waals surface area contributed by atoms with Crippen LogP contribution < -0.4 is 15.8 Å². The minimum Gasteiger partial charge on any atom is -0.497 e. The largest absolute Gasteiger partial charge is 0.497 e. The Hall–Kier alpha value is -1.60. The van der Waals surface area contributed by atoms with Gasteiger partial charge in [-0.25, -0.2) is 0 Å². The number of hydrogen-bond acceptors (Lipinski definition) is 5. The van der Waals surface area contributed by atoms with Crippen molar-refractivity contribution in [3.05, 3.63) is 18.2 Å². The van der Waals surface area contributed by atoms with E-state index in [9.17, 15) is 9.00 Å². The van der Waals surface area contributed by atoms with Crippen LogP contribution >= 0.6 is 0 Å². The minimum absolute atomic E-state index is 0.303. The molecule has 1 aromatic carbocycles. The van der Waals surface area contributed by atoms with Crippen molar-refractivity contribution in [2.75, 3.05) is 33.1 Å². The summed E-state index contributed by atoms with van der Waals surface area (Å²) in [5.41, 5.74) is 6.18. The number of hydrogen-bond donors (Lipinski definition) is 2. The van der Waals surface area contributed by atoms with Crippen LogP contribution in [0.4, 0.5) is 5.69 Å². The number of anilines is 1. The molecule has 0 saturated carbocycles. The lowest BCUT2D eigenvalue weighted by Gasteiger charge is -2.14. The van der Waals surface area contributed by atoms with Crippen LogP contribution in [0, 0.1) is 0 Å². The summed E-state index contributed by atoms with van der Waals surface area (Å²) in [6.45, 7) is 2.38. The fraction of sp³-hybridized carbons (Fsp3) is 0.462. The molecule has 112 valence electrons. The van der Waals surface area contributed by atoms with Gasteiger partial charge in [0.1, 0.15) is 11.0 Å². The molecule has 0 bridgehead atoms. The molecule has 0 saturated heterocycles. The lowest BCUT2D eigenvalue weighted by Crippen LogP contribution is -2.37. The minimum atomic E-state index is -1.54. The molecule has 2 unspecified atom stereocenters. The summed E-state index contributed by atoms with van der Waals surface area (Å²) >= 11 is 0. The van der Waals surface area contributed by atoms with E-state index in [1.165, 1.54) is 7.11 Å². The Bertz CT molecular complexity index is 493. The Balaban J connectivity index is 2.80. The summed E-state index contributed by atoms with van der Waals surface area (Å²) < 4.78 is 22.3. The van der Waals surface area contributed by atoms with Crippen LogP contribution in [0.5, 0.6) is 5.75 Å². The summed E-state index contributed by atoms with van der Waals surface area (Å²) in [5.74, 6) is 0.247. The van der Waals surface area contributed by atoms with Crippen LogP contribution in [-0.4, -0.2) is 42.7 Å². The van der Waals surface area contributed by atoms with E-state index in [2.05, 4.69) is 5.32 Å². The Morgan fingerprint density at radius 3 is 2.75 bits per heavy atom. The van der Waals surface area contributed by atoms with Gasteiger partial charge in [0.2, 0.25) is 5.91 Å². The first-order valence-electron chi connectivity index (χ1n) is 6.12. The number of carbonyl (C=O) groups excluding carboxylic acids is 1. The highest BCUT2D eigenvalue weighted by atomic mass is 32.2. The highest BCUT2D eigenvalue weighted by Crippen LogP contribution is 2.24. The number of methoxy groups -OCH3 is 2. The van der Waals surface area contributed by atoms with E-state index < -0.39 is 16.0 Å². The maximum atomic E-state index is 12.4. The first kappa shape index (κ1) is 16.5. The SMILES string of the molecule is COCCNC(=O)C(C)S(=O)c1cc(OC)ccc1N. The number of carbonyl (C=O) groups is 1. The normalized spacial score (nSPS) is 13.6. The van der Waals surface area contributed by atoms with Crippen LogP contribution in [0.15, 0.2) is 23.1 Å². The average Bonchev–Trinajstić information content (AvgIpc) is 2.46. The van der Waals surface area contributed by atoms with E-state index in [-0.39, 0.29) is 5.91 Å². The first-order chi connectivity index (χ1) is 9.51. The average molecular weight is 300 g/mol. The third-order valence-electron chi connectivity index (χ3n) is 2.73. The van der Waals surface area contributed by atoms with Crippen molar-refractivity contribution in [1.29, 1.82) is 0 Å². The number of nitrogens with one attached hydrogen (secondary N) is 1. The predicted molar refractivity (Wildman–Crippen MR) is 78.2 cm³/mol. The van der Waals surface area contributed by atoms with Gasteiger partial charge in [0.15, 0.2) is 0 Å². The third kappa shape index (κ3) is 4.21. The lowest BCUT2D eigenvalue weighted by molar-refractivity contribution is -0.120. The molecule has 0 aliphatic rings. The molecule has 7 heteroatoms. The molecule has 6 nitrogen and oxygen atoms in total. The molecule has 0 fully saturated rings. The summed E-state index contributed by atoms with van der Waals surface area (Å²) in [5, 5.41) is 1.95. The quantitative estimate of drug-likeness (QED) is 0.566. The number of rotatable bonds is 7. The molecule has 1 aromatic rings. The fourth-order valence-electron chi connectivity index (χ4n) is 1.52. The molecule has 0 radical (unpaired) electrons. The van der Waals surface area contributed by atoms with Gasteiger partial charge in [-0.2, -0.15) is 0 Å². The Labute approximate surface area is 121 Å². The fourth-order valence-corrected chi connectivity index (χ4v) is 2.71. The molecule has 0 heterocycles. The number of ether oxygens (including phenoxy) is 2. The van der Waals surface area contributed by atoms with Crippen LogP contribution in [0.2, 0.25) is 0 Å². The highest BCUT2D eigenvalue weighted by Gasteiger charge is 2.23. The van der Waals surface area contributed by atoms with Gasteiger partial charge in [0.05, 0.1) is 29.4 Å². The van der Waals surface area contributed by atoms with Gasteiger partial charge < -0.3 is 20.5 Å². The van der Waals surface area contributed by atoms with Gasteiger partial charge in [0, 0.05) is 19.3 Å². The summed E-state index contributed by atoms with van der Waals surface area (Å²) in [7, 11) is 1.51. The molecule has 0 aliphatic carbocycles. The van der Waals surface area contributed by atoms with E-state index in [1.807, 2.05) is 0 Å². The van der Waals surface area contributed by atoms with E-state index >= 15 is 0 Å². The molecule has 1 rings (SSSR count). The van der Waals surface area contributed by atoms with Crippen LogP contribution in [-0.2, 0) is 20.3 Å². The zero-order valence-electron chi connectivity index (χ0n) is 11.8. The van der Waals surface area contributed by atoms with Crippen molar-refractivity contribution in [2.24, 2.45) is 0 Å². The zero-order valence-corrected chi connectivity index (χ0v) is 12.7. The predicted octanol–water partition coefficient (Wildman–Crippen LogP) is 0.536. The Morgan fingerprint density at radius 2 is 2.15 bits per heavy atom. The van der Waals surface area contributed by atoms with Crippen molar-refractivity contribution in [3.63, 3.8) is 0 Å². The van der Waals surface area contributed by atoms with Crippen molar-refractivity contribution in [1.82, 2.24) is 5.32 Å². The molecule has 0 aromatic heterocycles. The zero-order chi connectivity index (χ0) is 15.1. The van der Waals surface area contributed by atoms with Crippen molar-refractivity contribution in [2.45, 2.75) is 17.1 Å². The Morgan fingerprint density at radius 1 is 1.45 bits per heavy atom. The molecular weight excluding hydrogens is 280 g/mol. The number of amides is 1. The van der Waals surface area contributed by atoms with Gasteiger partial charge in [-0.15, -0.1) is 0 Å². The van der Waals surface area contributed by atoms with Crippen LogP contribution in [0.1, 0.15) is 6.92 Å². The second-order valence-corrected chi connectivity index (χ2v) is 5.87. The van der Waals surface area contributed by atoms with Crippen LogP contribution in [0.25, 0.3) is 0 Å². The lowest BCUT2D eigenvalue weighted by atomic mass is 10.3. The monoisotopic (exact) mass is 300 g/mol. The summed E-state index contributed by atoms with van der Waals surface area (Å²) in [4.78, 5) is 12.3. The molecular formula is C13H20N2O4S. The third-order valence-corrected chi connectivity index (χ3v) is 4.38. The maximum absolute atomic E-state index is 12.4. The van der Waals surface area contributed by atoms with Gasteiger partial charge in [-0.1, -0.05) is 0 Å². The smallest absolute Gasteiger partial charge is 0.235 e. The number of benzene rings is 1. The second kappa shape index (κ2) is 7.86. The van der Waals surface area contributed by atoms with Crippen molar-refractivity contribution in [3.8, 4) is 5.75 Å². The van der Waals surface area contributed by atoms with Gasteiger partial charge >= 0.3 is 0 Å². The first-order valence-corrected chi connectivity index (χ1v) is 7.33. The van der Waals surface area contributed by atoms with Crippen LogP contribution in [0.3, 0.4) is 0 Å². The maximum Gasteiger partial charge on any atom is 0.235 e. The molecule has 1 amide bonds. The molecule has 2 atom stereocenters. The Kier molecular flexibility index (Phi) is 6.47. The standard InChI is InChI=1S/C13H20N2O4S/c1-9(13(16)15-6-7-18-2)20(17)12-8-10(19-3)4-5-11(12)14/h4-5,8-9H,6-7,14H2,1-3H3,(H,15,16). The van der Waals surface area contributed by atoms with E-state index in [0.29, 0.717) is 29.5 Å². The molecule has 0 aliphatic heterocycles. The summed E-state index contributed by atoms with van der Waals surface area (Å²) in [6, 6.07) is 4.88. The molecule has 0 spiro atoms. The topological polar surface area (TPSA) is 90.6 Å².